The number of nitrogens with zero attached hydrogens (tertiary/aromatic N) is 3. The van der Waals surface area contributed by atoms with Crippen LogP contribution in [0.5, 0.6) is 17.2 Å². The SMILES string of the molecule is CCC[C@@H]1C[C@H](C(=O)O)CCN1c1nc(-c2cc(OC)c(OC)c(OC)c2)cnc1N. The Morgan fingerprint density at radius 3 is 2.45 bits per heavy atom. The molecule has 0 bridgehead atoms. The first-order valence-corrected chi connectivity index (χ1v) is 10.4. The fourth-order valence-corrected chi connectivity index (χ4v) is 4.13. The number of hydrogen-bond acceptors (Lipinski definition) is 8. The first-order valence-electron chi connectivity index (χ1n) is 10.4. The predicted octanol–water partition coefficient (Wildman–Crippen LogP) is 3.22. The van der Waals surface area contributed by atoms with Crippen molar-refractivity contribution in [3.8, 4) is 28.5 Å². The van der Waals surface area contributed by atoms with E-state index >= 15 is 0 Å². The van der Waals surface area contributed by atoms with Gasteiger partial charge in [0, 0.05) is 18.2 Å². The number of aromatic nitrogens is 2. The number of nitrogens with two attached hydrogens (primary N) is 1. The van der Waals surface area contributed by atoms with Crippen molar-refractivity contribution in [2.24, 2.45) is 5.92 Å². The maximum Gasteiger partial charge on any atom is 0.306 e. The summed E-state index contributed by atoms with van der Waals surface area (Å²) in [5.74, 6) is 1.34. The zero-order valence-electron chi connectivity index (χ0n) is 18.4. The van der Waals surface area contributed by atoms with Crippen molar-refractivity contribution in [2.75, 3.05) is 38.5 Å². The van der Waals surface area contributed by atoms with Crippen LogP contribution in [0.25, 0.3) is 11.3 Å². The van der Waals surface area contributed by atoms with E-state index in [2.05, 4.69) is 16.8 Å². The van der Waals surface area contributed by atoms with E-state index in [1.54, 1.807) is 27.5 Å². The molecule has 1 aliphatic rings. The Hall–Kier alpha value is -3.23. The van der Waals surface area contributed by atoms with E-state index in [1.807, 2.05) is 12.1 Å². The number of benzene rings is 1. The number of rotatable bonds is 8. The van der Waals surface area contributed by atoms with Crippen LogP contribution in [0.4, 0.5) is 11.6 Å². The minimum absolute atomic E-state index is 0.0478. The van der Waals surface area contributed by atoms with Crippen molar-refractivity contribution in [3.05, 3.63) is 18.3 Å². The van der Waals surface area contributed by atoms with E-state index in [4.69, 9.17) is 24.9 Å². The molecule has 0 saturated carbocycles. The molecular weight excluding hydrogens is 400 g/mol. The van der Waals surface area contributed by atoms with Crippen LogP contribution < -0.4 is 24.8 Å². The van der Waals surface area contributed by atoms with Crippen LogP contribution in [0.2, 0.25) is 0 Å². The molecule has 1 aromatic heterocycles. The number of anilines is 2. The van der Waals surface area contributed by atoms with E-state index < -0.39 is 5.97 Å². The van der Waals surface area contributed by atoms with E-state index in [0.717, 1.165) is 18.4 Å². The van der Waals surface area contributed by atoms with Crippen LogP contribution in [0.3, 0.4) is 0 Å². The molecule has 3 N–H and O–H groups in total. The molecular formula is C22H30N4O5. The molecule has 2 atom stereocenters. The van der Waals surface area contributed by atoms with Gasteiger partial charge < -0.3 is 30.0 Å². The number of aliphatic carboxylic acids is 1. The second-order valence-electron chi connectivity index (χ2n) is 7.57. The third-order valence-corrected chi connectivity index (χ3v) is 5.70. The molecule has 9 nitrogen and oxygen atoms in total. The molecule has 0 aliphatic carbocycles. The van der Waals surface area contributed by atoms with Crippen molar-refractivity contribution in [1.82, 2.24) is 9.97 Å². The van der Waals surface area contributed by atoms with E-state index in [9.17, 15) is 9.90 Å². The summed E-state index contributed by atoms with van der Waals surface area (Å²) < 4.78 is 16.3. The van der Waals surface area contributed by atoms with Crippen LogP contribution in [-0.4, -0.2) is 55.0 Å². The van der Waals surface area contributed by atoms with Crippen molar-refractivity contribution in [1.29, 1.82) is 0 Å². The Kier molecular flexibility index (Phi) is 7.04. The molecule has 31 heavy (non-hydrogen) atoms. The van der Waals surface area contributed by atoms with Crippen molar-refractivity contribution in [2.45, 2.75) is 38.6 Å². The molecule has 2 aromatic rings. The Morgan fingerprint density at radius 1 is 1.23 bits per heavy atom. The highest BCUT2D eigenvalue weighted by Gasteiger charge is 2.33. The highest BCUT2D eigenvalue weighted by Crippen LogP contribution is 2.41. The second-order valence-corrected chi connectivity index (χ2v) is 7.57. The van der Waals surface area contributed by atoms with Crippen LogP contribution >= 0.6 is 0 Å². The lowest BCUT2D eigenvalue weighted by atomic mass is 9.88. The second kappa shape index (κ2) is 9.72. The maximum atomic E-state index is 11.5. The average molecular weight is 431 g/mol. The summed E-state index contributed by atoms with van der Waals surface area (Å²) in [6.07, 6.45) is 4.52. The zero-order valence-corrected chi connectivity index (χ0v) is 18.4. The standard InChI is InChI=1S/C22H30N4O5/c1-5-6-15-9-13(22(27)28)7-8-26(15)21-20(23)24-12-16(25-21)14-10-17(29-2)19(31-4)18(11-14)30-3/h10-13,15H,5-9H2,1-4H3,(H2,23,24)(H,27,28)/t13-,15-/m1/s1. The lowest BCUT2D eigenvalue weighted by molar-refractivity contribution is -0.142. The number of hydrogen-bond donors (Lipinski definition) is 2. The molecule has 9 heteroatoms. The molecule has 1 saturated heterocycles. The average Bonchev–Trinajstić information content (AvgIpc) is 2.78. The quantitative estimate of drug-likeness (QED) is 0.650. The summed E-state index contributed by atoms with van der Waals surface area (Å²) in [7, 11) is 4.67. The number of carboxylic acids is 1. The lowest BCUT2D eigenvalue weighted by Crippen LogP contribution is -2.45. The van der Waals surface area contributed by atoms with Gasteiger partial charge in [-0.05, 0) is 31.4 Å². The molecule has 0 spiro atoms. The van der Waals surface area contributed by atoms with Gasteiger partial charge in [-0.15, -0.1) is 0 Å². The van der Waals surface area contributed by atoms with Gasteiger partial charge in [0.15, 0.2) is 23.1 Å². The van der Waals surface area contributed by atoms with Crippen molar-refractivity contribution >= 4 is 17.6 Å². The van der Waals surface area contributed by atoms with Gasteiger partial charge in [0.25, 0.3) is 0 Å². The molecule has 2 heterocycles. The minimum atomic E-state index is -0.744. The van der Waals surface area contributed by atoms with Gasteiger partial charge in [-0.2, -0.15) is 0 Å². The number of carbonyl (C=O) groups is 1. The summed E-state index contributed by atoms with van der Waals surface area (Å²) in [5.41, 5.74) is 7.56. The Bertz CT molecular complexity index is 911. The van der Waals surface area contributed by atoms with Gasteiger partial charge in [-0.25, -0.2) is 9.97 Å². The summed E-state index contributed by atoms with van der Waals surface area (Å²) >= 11 is 0. The first-order chi connectivity index (χ1) is 14.9. The first kappa shape index (κ1) is 22.5. The number of piperidine rings is 1. The summed E-state index contributed by atoms with van der Waals surface area (Å²) in [4.78, 5) is 22.8. The third kappa shape index (κ3) is 4.60. The van der Waals surface area contributed by atoms with Gasteiger partial charge in [0.1, 0.15) is 0 Å². The monoisotopic (exact) mass is 430 g/mol. The Morgan fingerprint density at radius 2 is 1.90 bits per heavy atom. The van der Waals surface area contributed by atoms with Gasteiger partial charge in [-0.1, -0.05) is 13.3 Å². The lowest BCUT2D eigenvalue weighted by Gasteiger charge is -2.39. The van der Waals surface area contributed by atoms with Crippen LogP contribution in [0.15, 0.2) is 18.3 Å². The largest absolute Gasteiger partial charge is 0.493 e. The zero-order chi connectivity index (χ0) is 22.5. The highest BCUT2D eigenvalue weighted by atomic mass is 16.5. The van der Waals surface area contributed by atoms with Gasteiger partial charge in [0.05, 0.1) is 39.1 Å². The van der Waals surface area contributed by atoms with E-state index in [-0.39, 0.29) is 12.0 Å². The smallest absolute Gasteiger partial charge is 0.306 e. The molecule has 0 radical (unpaired) electrons. The normalized spacial score (nSPS) is 18.5. The fourth-order valence-electron chi connectivity index (χ4n) is 4.13. The Labute approximate surface area is 182 Å². The summed E-state index contributed by atoms with van der Waals surface area (Å²) in [5, 5.41) is 9.46. The molecule has 0 unspecified atom stereocenters. The molecule has 1 fully saturated rings. The van der Waals surface area contributed by atoms with Crippen LogP contribution in [0.1, 0.15) is 32.6 Å². The fraction of sp³-hybridized carbons (Fsp3) is 0.500. The molecule has 1 aliphatic heterocycles. The summed E-state index contributed by atoms with van der Waals surface area (Å²) in [6.45, 7) is 2.66. The van der Waals surface area contributed by atoms with Crippen molar-refractivity contribution in [3.63, 3.8) is 0 Å². The molecule has 1 aromatic carbocycles. The van der Waals surface area contributed by atoms with E-state index in [0.29, 0.717) is 54.0 Å². The predicted molar refractivity (Wildman–Crippen MR) is 118 cm³/mol. The van der Waals surface area contributed by atoms with Crippen LogP contribution in [0, 0.1) is 5.92 Å². The third-order valence-electron chi connectivity index (χ3n) is 5.70. The topological polar surface area (TPSA) is 120 Å². The number of carboxylic acid groups (broad SMARTS) is 1. The Balaban J connectivity index is 2.01. The van der Waals surface area contributed by atoms with Crippen LogP contribution in [-0.2, 0) is 4.79 Å². The van der Waals surface area contributed by atoms with Gasteiger partial charge >= 0.3 is 5.97 Å². The van der Waals surface area contributed by atoms with E-state index in [1.165, 1.54) is 0 Å². The minimum Gasteiger partial charge on any atom is -0.493 e. The molecule has 3 rings (SSSR count). The summed E-state index contributed by atoms with van der Waals surface area (Å²) in [6, 6.07) is 3.67. The van der Waals surface area contributed by atoms with Gasteiger partial charge in [-0.3, -0.25) is 4.79 Å². The molecule has 0 amide bonds. The molecule has 168 valence electrons. The number of ether oxygens (including phenoxy) is 3. The highest BCUT2D eigenvalue weighted by molar-refractivity contribution is 5.73. The number of nitrogen functional groups attached to an aromatic ring is 1. The van der Waals surface area contributed by atoms with Gasteiger partial charge in [0.2, 0.25) is 5.75 Å². The van der Waals surface area contributed by atoms with Crippen molar-refractivity contribution < 1.29 is 24.1 Å². The maximum absolute atomic E-state index is 11.5. The number of methoxy groups -OCH3 is 3.